The SMILES string of the molecule is Cc1cc(C)c(C(O)c2coc(C)c2)c(F)c1. The third-order valence-corrected chi connectivity index (χ3v) is 2.82. The van der Waals surface area contributed by atoms with Crippen molar-refractivity contribution in [3.8, 4) is 0 Å². The van der Waals surface area contributed by atoms with E-state index in [1.807, 2.05) is 13.0 Å². The molecule has 0 fully saturated rings. The van der Waals surface area contributed by atoms with Crippen molar-refractivity contribution in [1.82, 2.24) is 0 Å². The molecular weight excluding hydrogens is 219 g/mol. The first-order valence-corrected chi connectivity index (χ1v) is 5.49. The highest BCUT2D eigenvalue weighted by molar-refractivity contribution is 5.38. The summed E-state index contributed by atoms with van der Waals surface area (Å²) in [6.45, 7) is 5.41. The Kier molecular flexibility index (Phi) is 3.03. The molecule has 1 unspecified atom stereocenters. The molecule has 0 saturated heterocycles. The zero-order valence-electron chi connectivity index (χ0n) is 10.1. The summed E-state index contributed by atoms with van der Waals surface area (Å²) in [5.74, 6) is 0.318. The van der Waals surface area contributed by atoms with E-state index in [-0.39, 0.29) is 5.82 Å². The fourth-order valence-electron chi connectivity index (χ4n) is 2.05. The molecule has 0 aliphatic heterocycles. The molecule has 0 spiro atoms. The van der Waals surface area contributed by atoms with Crippen molar-refractivity contribution in [3.63, 3.8) is 0 Å². The Balaban J connectivity index is 2.47. The van der Waals surface area contributed by atoms with Gasteiger partial charge in [-0.05, 0) is 44.0 Å². The molecule has 2 nitrogen and oxygen atoms in total. The molecule has 1 heterocycles. The van der Waals surface area contributed by atoms with Gasteiger partial charge in [-0.25, -0.2) is 4.39 Å². The van der Waals surface area contributed by atoms with Gasteiger partial charge in [0, 0.05) is 11.1 Å². The minimum absolute atomic E-state index is 0.316. The van der Waals surface area contributed by atoms with Crippen molar-refractivity contribution in [1.29, 1.82) is 0 Å². The summed E-state index contributed by atoms with van der Waals surface area (Å²) in [5.41, 5.74) is 2.48. The van der Waals surface area contributed by atoms with Crippen LogP contribution in [0.25, 0.3) is 0 Å². The lowest BCUT2D eigenvalue weighted by Gasteiger charge is -2.14. The molecule has 1 atom stereocenters. The molecular formula is C14H15FO2. The number of aliphatic hydroxyl groups excluding tert-OH is 1. The molecule has 0 aliphatic rings. The molecule has 0 amide bonds. The van der Waals surface area contributed by atoms with Crippen molar-refractivity contribution in [2.45, 2.75) is 26.9 Å². The fourth-order valence-corrected chi connectivity index (χ4v) is 2.05. The highest BCUT2D eigenvalue weighted by atomic mass is 19.1. The van der Waals surface area contributed by atoms with Crippen LogP contribution in [0.3, 0.4) is 0 Å². The highest BCUT2D eigenvalue weighted by Gasteiger charge is 2.19. The van der Waals surface area contributed by atoms with Crippen LogP contribution in [-0.4, -0.2) is 5.11 Å². The summed E-state index contributed by atoms with van der Waals surface area (Å²) in [5, 5.41) is 10.2. The van der Waals surface area contributed by atoms with Gasteiger partial charge in [-0.3, -0.25) is 0 Å². The van der Waals surface area contributed by atoms with Crippen LogP contribution in [-0.2, 0) is 0 Å². The van der Waals surface area contributed by atoms with Crippen molar-refractivity contribution < 1.29 is 13.9 Å². The Hall–Kier alpha value is -1.61. The summed E-state index contributed by atoms with van der Waals surface area (Å²) in [6, 6.07) is 5.00. The quantitative estimate of drug-likeness (QED) is 0.863. The second kappa shape index (κ2) is 4.34. The number of aryl methyl sites for hydroxylation is 3. The Bertz CT molecular complexity index is 520. The summed E-state index contributed by atoms with van der Waals surface area (Å²) in [4.78, 5) is 0. The Morgan fingerprint density at radius 1 is 1.18 bits per heavy atom. The lowest BCUT2D eigenvalue weighted by Crippen LogP contribution is -2.04. The Morgan fingerprint density at radius 2 is 1.88 bits per heavy atom. The predicted octanol–water partition coefficient (Wildman–Crippen LogP) is 3.43. The number of rotatable bonds is 2. The Morgan fingerprint density at radius 3 is 2.41 bits per heavy atom. The van der Waals surface area contributed by atoms with Gasteiger partial charge >= 0.3 is 0 Å². The Labute approximate surface area is 99.7 Å². The van der Waals surface area contributed by atoms with Crippen LogP contribution >= 0.6 is 0 Å². The summed E-state index contributed by atoms with van der Waals surface area (Å²) >= 11 is 0. The van der Waals surface area contributed by atoms with E-state index in [0.29, 0.717) is 16.9 Å². The molecule has 2 aromatic rings. The second-order valence-electron chi connectivity index (χ2n) is 4.37. The third-order valence-electron chi connectivity index (χ3n) is 2.82. The van der Waals surface area contributed by atoms with Crippen molar-refractivity contribution in [3.05, 3.63) is 58.3 Å². The molecule has 3 heteroatoms. The first-order valence-electron chi connectivity index (χ1n) is 5.49. The zero-order valence-corrected chi connectivity index (χ0v) is 10.1. The van der Waals surface area contributed by atoms with Crippen LogP contribution in [0.5, 0.6) is 0 Å². The lowest BCUT2D eigenvalue weighted by molar-refractivity contribution is 0.213. The van der Waals surface area contributed by atoms with Gasteiger partial charge in [0.05, 0.1) is 6.26 Å². The normalized spacial score (nSPS) is 12.8. The zero-order chi connectivity index (χ0) is 12.6. The highest BCUT2D eigenvalue weighted by Crippen LogP contribution is 2.29. The lowest BCUT2D eigenvalue weighted by atomic mass is 9.97. The molecule has 0 saturated carbocycles. The molecule has 1 N–H and O–H groups in total. The fraction of sp³-hybridized carbons (Fsp3) is 0.286. The van der Waals surface area contributed by atoms with Gasteiger partial charge in [-0.15, -0.1) is 0 Å². The van der Waals surface area contributed by atoms with Gasteiger partial charge in [0.1, 0.15) is 17.7 Å². The number of halogens is 1. The van der Waals surface area contributed by atoms with E-state index >= 15 is 0 Å². The standard InChI is InChI=1S/C14H15FO2/c1-8-4-9(2)13(12(15)5-8)14(16)11-6-10(3)17-7-11/h4-7,14,16H,1-3H3. The summed E-state index contributed by atoms with van der Waals surface area (Å²) < 4.78 is 19.0. The van der Waals surface area contributed by atoms with E-state index in [0.717, 1.165) is 11.1 Å². The maximum atomic E-state index is 13.9. The van der Waals surface area contributed by atoms with Crippen LogP contribution < -0.4 is 0 Å². The molecule has 17 heavy (non-hydrogen) atoms. The average Bonchev–Trinajstić information content (AvgIpc) is 2.63. The predicted molar refractivity (Wildman–Crippen MR) is 63.4 cm³/mol. The monoisotopic (exact) mass is 234 g/mol. The minimum Gasteiger partial charge on any atom is -0.469 e. The minimum atomic E-state index is -0.979. The topological polar surface area (TPSA) is 33.4 Å². The van der Waals surface area contributed by atoms with E-state index in [4.69, 9.17) is 4.42 Å². The van der Waals surface area contributed by atoms with Gasteiger partial charge in [-0.1, -0.05) is 6.07 Å². The second-order valence-corrected chi connectivity index (χ2v) is 4.37. The van der Waals surface area contributed by atoms with Crippen molar-refractivity contribution >= 4 is 0 Å². The van der Waals surface area contributed by atoms with E-state index in [1.54, 1.807) is 19.9 Å². The first-order chi connectivity index (χ1) is 7.99. The van der Waals surface area contributed by atoms with E-state index < -0.39 is 6.10 Å². The molecule has 1 aromatic carbocycles. The maximum absolute atomic E-state index is 13.9. The van der Waals surface area contributed by atoms with Gasteiger partial charge in [-0.2, -0.15) is 0 Å². The van der Waals surface area contributed by atoms with E-state index in [9.17, 15) is 9.50 Å². The van der Waals surface area contributed by atoms with Gasteiger partial charge < -0.3 is 9.52 Å². The molecule has 2 rings (SSSR count). The maximum Gasteiger partial charge on any atom is 0.129 e. The van der Waals surface area contributed by atoms with Gasteiger partial charge in [0.2, 0.25) is 0 Å². The number of furan rings is 1. The molecule has 1 aromatic heterocycles. The van der Waals surface area contributed by atoms with Crippen molar-refractivity contribution in [2.75, 3.05) is 0 Å². The summed E-state index contributed by atoms with van der Waals surface area (Å²) in [6.07, 6.45) is 0.478. The number of aliphatic hydroxyl groups is 1. The summed E-state index contributed by atoms with van der Waals surface area (Å²) in [7, 11) is 0. The van der Waals surface area contributed by atoms with Gasteiger partial charge in [0.15, 0.2) is 0 Å². The average molecular weight is 234 g/mol. The number of benzene rings is 1. The smallest absolute Gasteiger partial charge is 0.129 e. The molecule has 0 aliphatic carbocycles. The van der Waals surface area contributed by atoms with Crippen LogP contribution in [0.15, 0.2) is 28.9 Å². The van der Waals surface area contributed by atoms with Crippen LogP contribution in [0.1, 0.15) is 34.1 Å². The first kappa shape index (κ1) is 11.9. The molecule has 90 valence electrons. The van der Waals surface area contributed by atoms with Crippen LogP contribution in [0.2, 0.25) is 0 Å². The molecule has 0 radical (unpaired) electrons. The van der Waals surface area contributed by atoms with E-state index in [2.05, 4.69) is 0 Å². The van der Waals surface area contributed by atoms with Gasteiger partial charge in [0.25, 0.3) is 0 Å². The van der Waals surface area contributed by atoms with E-state index in [1.165, 1.54) is 12.3 Å². The number of hydrogen-bond acceptors (Lipinski definition) is 2. The van der Waals surface area contributed by atoms with Crippen LogP contribution in [0, 0.1) is 26.6 Å². The third kappa shape index (κ3) is 2.24. The largest absolute Gasteiger partial charge is 0.469 e. The number of hydrogen-bond donors (Lipinski definition) is 1. The molecule has 0 bridgehead atoms. The van der Waals surface area contributed by atoms with Crippen LogP contribution in [0.4, 0.5) is 4.39 Å². The van der Waals surface area contributed by atoms with Crippen molar-refractivity contribution in [2.24, 2.45) is 0 Å².